The van der Waals surface area contributed by atoms with Crippen molar-refractivity contribution >= 4 is 16.1 Å². The SMILES string of the molecule is O=C([O-])c1ccc[n+](CC(O)COc2ccc(CS(=O)(=O)OO)cc2)c1. The first-order valence-corrected chi connectivity index (χ1v) is 9.03. The van der Waals surface area contributed by atoms with E-state index in [1.807, 2.05) is 0 Å². The Labute approximate surface area is 149 Å². The average Bonchev–Trinajstić information content (AvgIpc) is 2.61. The average molecular weight is 383 g/mol. The summed E-state index contributed by atoms with van der Waals surface area (Å²) in [5.74, 6) is -1.39. The second-order valence-corrected chi connectivity index (χ2v) is 7.02. The monoisotopic (exact) mass is 383 g/mol. The zero-order valence-corrected chi connectivity index (χ0v) is 14.3. The van der Waals surface area contributed by atoms with Crippen LogP contribution in [-0.4, -0.2) is 37.5 Å². The van der Waals surface area contributed by atoms with Crippen LogP contribution in [0.15, 0.2) is 48.8 Å². The van der Waals surface area contributed by atoms with E-state index in [9.17, 15) is 23.4 Å². The van der Waals surface area contributed by atoms with E-state index < -0.39 is 27.9 Å². The molecule has 0 saturated heterocycles. The van der Waals surface area contributed by atoms with Gasteiger partial charge in [0.15, 0.2) is 18.9 Å². The summed E-state index contributed by atoms with van der Waals surface area (Å²) in [4.78, 5) is 10.8. The van der Waals surface area contributed by atoms with Crippen molar-refractivity contribution in [2.24, 2.45) is 0 Å². The molecule has 0 bridgehead atoms. The summed E-state index contributed by atoms with van der Waals surface area (Å²) in [7, 11) is -4.03. The van der Waals surface area contributed by atoms with E-state index in [2.05, 4.69) is 4.33 Å². The maximum atomic E-state index is 11.1. The lowest BCUT2D eigenvalue weighted by atomic mass is 10.2. The Kier molecular flexibility index (Phi) is 6.64. The number of pyridine rings is 1. The van der Waals surface area contributed by atoms with Gasteiger partial charge in [0.25, 0.3) is 10.1 Å². The van der Waals surface area contributed by atoms with E-state index >= 15 is 0 Å². The minimum atomic E-state index is -4.03. The normalized spacial score (nSPS) is 12.5. The molecule has 1 aromatic carbocycles. The predicted octanol–water partition coefficient (Wildman–Crippen LogP) is -0.903. The summed E-state index contributed by atoms with van der Waals surface area (Å²) in [6.07, 6.45) is 2.05. The molecule has 0 aliphatic rings. The third-order valence-corrected chi connectivity index (χ3v) is 4.25. The Morgan fingerprint density at radius 1 is 1.23 bits per heavy atom. The molecule has 0 aliphatic carbocycles. The highest BCUT2D eigenvalue weighted by molar-refractivity contribution is 7.85. The Hall–Kier alpha value is -2.53. The summed E-state index contributed by atoms with van der Waals surface area (Å²) in [6, 6.07) is 8.91. The molecular formula is C16H17NO8S. The molecule has 0 amide bonds. The number of hydrogen-bond acceptors (Lipinski definition) is 8. The molecule has 26 heavy (non-hydrogen) atoms. The fourth-order valence-electron chi connectivity index (χ4n) is 2.16. The molecule has 10 heteroatoms. The van der Waals surface area contributed by atoms with Crippen LogP contribution in [0, 0.1) is 0 Å². The summed E-state index contributed by atoms with van der Waals surface area (Å²) >= 11 is 0. The number of aliphatic hydroxyl groups is 1. The van der Waals surface area contributed by atoms with E-state index in [0.717, 1.165) is 0 Å². The van der Waals surface area contributed by atoms with Gasteiger partial charge in [-0.25, -0.2) is 9.82 Å². The zero-order chi connectivity index (χ0) is 19.2. The van der Waals surface area contributed by atoms with Crippen molar-refractivity contribution < 1.29 is 42.3 Å². The predicted molar refractivity (Wildman–Crippen MR) is 85.2 cm³/mol. The van der Waals surface area contributed by atoms with Gasteiger partial charge in [0.2, 0.25) is 0 Å². The Balaban J connectivity index is 1.88. The molecule has 2 N–H and O–H groups in total. The molecule has 0 radical (unpaired) electrons. The van der Waals surface area contributed by atoms with Gasteiger partial charge in [0.1, 0.15) is 24.2 Å². The fourth-order valence-corrected chi connectivity index (χ4v) is 2.81. The van der Waals surface area contributed by atoms with Crippen molar-refractivity contribution in [3.05, 3.63) is 59.9 Å². The highest BCUT2D eigenvalue weighted by Crippen LogP contribution is 2.15. The van der Waals surface area contributed by atoms with Crippen LogP contribution in [0.25, 0.3) is 0 Å². The van der Waals surface area contributed by atoms with Crippen molar-refractivity contribution in [1.29, 1.82) is 0 Å². The van der Waals surface area contributed by atoms with Gasteiger partial charge >= 0.3 is 0 Å². The van der Waals surface area contributed by atoms with Gasteiger partial charge < -0.3 is 19.7 Å². The number of rotatable bonds is 9. The number of nitrogens with zero attached hydrogens (tertiary/aromatic N) is 1. The lowest BCUT2D eigenvalue weighted by Crippen LogP contribution is -2.42. The molecule has 0 fully saturated rings. The fraction of sp³-hybridized carbons (Fsp3) is 0.250. The van der Waals surface area contributed by atoms with Crippen LogP contribution in [0.1, 0.15) is 15.9 Å². The number of hydrogen-bond donors (Lipinski definition) is 2. The van der Waals surface area contributed by atoms with E-state index in [0.29, 0.717) is 11.3 Å². The molecule has 140 valence electrons. The zero-order valence-electron chi connectivity index (χ0n) is 13.5. The van der Waals surface area contributed by atoms with Crippen LogP contribution in [0.3, 0.4) is 0 Å². The molecule has 1 aromatic heterocycles. The summed E-state index contributed by atoms with van der Waals surface area (Å²) in [5.41, 5.74) is 0.389. The number of aromatic carboxylic acids is 1. The van der Waals surface area contributed by atoms with Crippen molar-refractivity contribution in [3.63, 3.8) is 0 Å². The molecule has 0 aliphatic heterocycles. The van der Waals surface area contributed by atoms with Crippen molar-refractivity contribution in [2.45, 2.75) is 18.4 Å². The highest BCUT2D eigenvalue weighted by Gasteiger charge is 2.14. The summed E-state index contributed by atoms with van der Waals surface area (Å²) < 4.78 is 32.6. The Morgan fingerprint density at radius 3 is 2.54 bits per heavy atom. The number of carboxylic acids is 1. The number of carboxylic acid groups (broad SMARTS) is 1. The summed E-state index contributed by atoms with van der Waals surface area (Å²) in [6.45, 7) is 0.0607. The first-order valence-electron chi connectivity index (χ1n) is 7.45. The molecule has 1 unspecified atom stereocenters. The van der Waals surface area contributed by atoms with Crippen LogP contribution >= 0.6 is 0 Å². The maximum Gasteiger partial charge on any atom is 0.297 e. The second-order valence-electron chi connectivity index (χ2n) is 5.46. The lowest BCUT2D eigenvalue weighted by molar-refractivity contribution is -0.703. The number of ether oxygens (including phenoxy) is 1. The quantitative estimate of drug-likeness (QED) is 0.323. The van der Waals surface area contributed by atoms with Gasteiger partial charge in [0, 0.05) is 6.07 Å². The van der Waals surface area contributed by atoms with Gasteiger partial charge in [-0.2, -0.15) is 8.42 Å². The van der Waals surface area contributed by atoms with Gasteiger partial charge in [-0.3, -0.25) is 0 Å². The van der Waals surface area contributed by atoms with Gasteiger partial charge in [-0.05, 0) is 23.8 Å². The van der Waals surface area contributed by atoms with E-state index in [-0.39, 0.29) is 18.7 Å². The third kappa shape index (κ3) is 6.08. The van der Waals surface area contributed by atoms with E-state index in [1.165, 1.54) is 47.2 Å². The van der Waals surface area contributed by atoms with Crippen LogP contribution < -0.4 is 14.4 Å². The van der Waals surface area contributed by atoms with Gasteiger partial charge in [0.05, 0.1) is 11.5 Å². The molecule has 2 aromatic rings. The molecule has 0 saturated carbocycles. The van der Waals surface area contributed by atoms with E-state index in [4.69, 9.17) is 9.99 Å². The van der Waals surface area contributed by atoms with Gasteiger partial charge in [-0.15, -0.1) is 4.33 Å². The molecule has 1 atom stereocenters. The van der Waals surface area contributed by atoms with E-state index in [1.54, 1.807) is 6.20 Å². The smallest absolute Gasteiger partial charge is 0.297 e. The Morgan fingerprint density at radius 2 is 1.92 bits per heavy atom. The number of aromatic nitrogens is 1. The standard InChI is InChI=1S/C16H17NO8S/c18-14(9-17-7-1-2-13(8-17)16(19)20)10-24-15-5-3-12(4-6-15)11-26(22,23)25-21/h1-8,14,18H,9-11H2,(H-,19,20,21). The van der Waals surface area contributed by atoms with Crippen LogP contribution in [0.2, 0.25) is 0 Å². The summed E-state index contributed by atoms with van der Waals surface area (Å²) in [5, 5.41) is 29.1. The molecule has 1 heterocycles. The van der Waals surface area contributed by atoms with Crippen LogP contribution in [0.4, 0.5) is 0 Å². The van der Waals surface area contributed by atoms with Crippen molar-refractivity contribution in [2.75, 3.05) is 6.61 Å². The number of carbonyl (C=O) groups excluding carboxylic acids is 1. The van der Waals surface area contributed by atoms with Crippen molar-refractivity contribution in [3.8, 4) is 5.75 Å². The number of aliphatic hydroxyl groups excluding tert-OH is 1. The Bertz CT molecular complexity index is 851. The first kappa shape index (κ1) is 19.8. The highest BCUT2D eigenvalue weighted by atomic mass is 32.2. The molecular weight excluding hydrogens is 366 g/mol. The maximum absolute atomic E-state index is 11.1. The minimum Gasteiger partial charge on any atom is -0.545 e. The topological polar surface area (TPSA) is 137 Å². The number of carbonyl (C=O) groups is 1. The molecule has 0 spiro atoms. The molecule has 9 nitrogen and oxygen atoms in total. The lowest BCUT2D eigenvalue weighted by Gasteiger charge is -2.11. The second kappa shape index (κ2) is 8.72. The van der Waals surface area contributed by atoms with Crippen molar-refractivity contribution in [1.82, 2.24) is 0 Å². The first-order chi connectivity index (χ1) is 12.3. The number of benzene rings is 1. The van der Waals surface area contributed by atoms with Crippen LogP contribution in [0.5, 0.6) is 5.75 Å². The van der Waals surface area contributed by atoms with Gasteiger partial charge in [-0.1, -0.05) is 12.1 Å². The largest absolute Gasteiger partial charge is 0.545 e. The third-order valence-electron chi connectivity index (χ3n) is 3.34. The minimum absolute atomic E-state index is 0.00183. The van der Waals surface area contributed by atoms with Crippen LogP contribution in [-0.2, 0) is 26.7 Å². The molecule has 2 rings (SSSR count).